The monoisotopic (exact) mass is 571 g/mol. The molecule has 1 fully saturated rings. The largest absolute Gasteiger partial charge is 0.497 e. The molecule has 6 rings (SSSR count). The minimum atomic E-state index is -0.852. The highest BCUT2D eigenvalue weighted by molar-refractivity contribution is 6.22. The second-order valence-corrected chi connectivity index (χ2v) is 10.9. The van der Waals surface area contributed by atoms with Crippen LogP contribution in [0.1, 0.15) is 44.7 Å². The van der Waals surface area contributed by atoms with E-state index < -0.39 is 6.10 Å². The van der Waals surface area contributed by atoms with E-state index in [0.717, 1.165) is 31.5 Å². The van der Waals surface area contributed by atoms with Gasteiger partial charge in [0.05, 0.1) is 40.9 Å². The Balaban J connectivity index is 1.16. The standard InChI is InChI=1S/C31H33N5O6/c1-35-11-8-19(9-12-35)36-30(39)23-13-18-14-27(34-26(18)15-24(23)31(36)40)28-25(7-10-32-29(28)38)33-16-20(37)17-42-22-5-3-21(41-2)4-6-22/h3-7,10,13,15,19-20,37H,8-9,11-12,14,16-17H2,1-2H3,(H2,32,33,38). The number of pyridine rings is 1. The van der Waals surface area contributed by atoms with Gasteiger partial charge in [-0.1, -0.05) is 0 Å². The lowest BCUT2D eigenvalue weighted by molar-refractivity contribution is 0.0516. The van der Waals surface area contributed by atoms with Gasteiger partial charge < -0.3 is 29.8 Å². The predicted molar refractivity (Wildman–Crippen MR) is 157 cm³/mol. The number of fused-ring (bicyclic) bond motifs is 2. The van der Waals surface area contributed by atoms with Crippen molar-refractivity contribution in [2.45, 2.75) is 31.4 Å². The smallest absolute Gasteiger partial charge is 0.261 e. The Morgan fingerprint density at radius 2 is 1.74 bits per heavy atom. The summed E-state index contributed by atoms with van der Waals surface area (Å²) in [5, 5.41) is 13.7. The van der Waals surface area contributed by atoms with Crippen molar-refractivity contribution in [2.75, 3.05) is 45.7 Å². The minimum Gasteiger partial charge on any atom is -0.497 e. The Bertz CT molecular complexity index is 1610. The van der Waals surface area contributed by atoms with Crippen LogP contribution in [0.5, 0.6) is 11.5 Å². The number of benzene rings is 2. The molecule has 3 N–H and O–H groups in total. The number of rotatable bonds is 9. The zero-order chi connectivity index (χ0) is 29.4. The quantitative estimate of drug-likeness (QED) is 0.334. The third kappa shape index (κ3) is 5.28. The van der Waals surface area contributed by atoms with Gasteiger partial charge in [-0.25, -0.2) is 0 Å². The Kier molecular flexibility index (Phi) is 7.53. The van der Waals surface area contributed by atoms with E-state index >= 15 is 0 Å². The summed E-state index contributed by atoms with van der Waals surface area (Å²) in [5.41, 5.74) is 3.19. The number of hydrogen-bond acceptors (Lipinski definition) is 9. The number of ether oxygens (including phenoxy) is 2. The first kappa shape index (κ1) is 27.7. The minimum absolute atomic E-state index is 0.0480. The van der Waals surface area contributed by atoms with Gasteiger partial charge in [0, 0.05) is 25.2 Å². The van der Waals surface area contributed by atoms with Crippen molar-refractivity contribution in [1.29, 1.82) is 0 Å². The van der Waals surface area contributed by atoms with Gasteiger partial charge >= 0.3 is 0 Å². The van der Waals surface area contributed by atoms with E-state index in [1.165, 1.54) is 11.1 Å². The molecule has 3 aromatic rings. The molecule has 0 bridgehead atoms. The summed E-state index contributed by atoms with van der Waals surface area (Å²) in [4.78, 5) is 50.6. The van der Waals surface area contributed by atoms with Crippen LogP contribution in [0.2, 0.25) is 0 Å². The highest BCUT2D eigenvalue weighted by atomic mass is 16.5. The van der Waals surface area contributed by atoms with E-state index in [1.54, 1.807) is 49.6 Å². The van der Waals surface area contributed by atoms with Gasteiger partial charge in [0.25, 0.3) is 17.4 Å². The number of aliphatic hydroxyl groups excluding tert-OH is 1. The Labute approximate surface area is 242 Å². The summed E-state index contributed by atoms with van der Waals surface area (Å²) >= 11 is 0. The van der Waals surface area contributed by atoms with Gasteiger partial charge in [-0.2, -0.15) is 0 Å². The molecule has 11 heteroatoms. The van der Waals surface area contributed by atoms with Gasteiger partial charge in [0.2, 0.25) is 0 Å². The highest BCUT2D eigenvalue weighted by Gasteiger charge is 2.42. The molecule has 11 nitrogen and oxygen atoms in total. The normalized spacial score (nSPS) is 17.6. The van der Waals surface area contributed by atoms with Crippen LogP contribution in [0.15, 0.2) is 58.4 Å². The van der Waals surface area contributed by atoms with Crippen LogP contribution >= 0.6 is 0 Å². The molecular formula is C31H33N5O6. The molecule has 1 atom stereocenters. The van der Waals surface area contributed by atoms with Crippen molar-refractivity contribution in [2.24, 2.45) is 4.99 Å². The number of hydrogen-bond donors (Lipinski definition) is 3. The Morgan fingerprint density at radius 1 is 1.05 bits per heavy atom. The lowest BCUT2D eigenvalue weighted by Gasteiger charge is -2.33. The average molecular weight is 572 g/mol. The van der Waals surface area contributed by atoms with Crippen molar-refractivity contribution in [3.8, 4) is 11.5 Å². The molecular weight excluding hydrogens is 538 g/mol. The number of imide groups is 1. The molecule has 0 aliphatic carbocycles. The molecule has 42 heavy (non-hydrogen) atoms. The molecule has 3 aliphatic rings. The molecule has 1 saturated heterocycles. The van der Waals surface area contributed by atoms with Gasteiger partial charge in [0.1, 0.15) is 24.2 Å². The SMILES string of the molecule is COc1ccc(OCC(O)CNc2cc[nH]c(=O)c2C2=Nc3cc4c(cc3C2)C(=O)N(C2CCN(C)CC2)C4=O)cc1. The van der Waals surface area contributed by atoms with Crippen LogP contribution < -0.4 is 20.3 Å². The number of likely N-dealkylation sites (tertiary alicyclic amines) is 1. The van der Waals surface area contributed by atoms with E-state index in [-0.39, 0.29) is 36.6 Å². The molecule has 0 saturated carbocycles. The molecule has 3 aliphatic heterocycles. The maximum atomic E-state index is 13.3. The fraction of sp³-hybridized carbons (Fsp3) is 0.355. The number of aromatic nitrogens is 1. The highest BCUT2D eigenvalue weighted by Crippen LogP contribution is 2.37. The van der Waals surface area contributed by atoms with E-state index in [1.807, 2.05) is 7.05 Å². The van der Waals surface area contributed by atoms with Crippen LogP contribution in [0.4, 0.5) is 11.4 Å². The first-order valence-corrected chi connectivity index (χ1v) is 14.0. The summed E-state index contributed by atoms with van der Waals surface area (Å²) in [6.45, 7) is 1.87. The zero-order valence-electron chi connectivity index (χ0n) is 23.6. The number of aliphatic imine (C=N–C) groups is 1. The number of piperidine rings is 1. The third-order valence-electron chi connectivity index (χ3n) is 8.06. The van der Waals surface area contributed by atoms with Gasteiger partial charge in [-0.05, 0) is 81.0 Å². The van der Waals surface area contributed by atoms with E-state index in [2.05, 4.69) is 15.2 Å². The number of nitrogens with one attached hydrogen (secondary N) is 2. The maximum absolute atomic E-state index is 13.3. The summed E-state index contributed by atoms with van der Waals surface area (Å²) in [6, 6.07) is 12.1. The van der Waals surface area contributed by atoms with Crippen molar-refractivity contribution in [3.63, 3.8) is 0 Å². The summed E-state index contributed by atoms with van der Waals surface area (Å²) in [6.07, 6.45) is 2.54. The van der Waals surface area contributed by atoms with Gasteiger partial charge in [0.15, 0.2) is 0 Å². The molecule has 2 amide bonds. The number of carbonyl (C=O) groups is 2. The number of aliphatic hydroxyl groups is 1. The first-order valence-electron chi connectivity index (χ1n) is 14.0. The summed E-state index contributed by atoms with van der Waals surface area (Å²) in [7, 11) is 3.63. The lowest BCUT2D eigenvalue weighted by Crippen LogP contribution is -2.46. The van der Waals surface area contributed by atoms with Crippen molar-refractivity contribution in [1.82, 2.24) is 14.8 Å². The first-order chi connectivity index (χ1) is 20.3. The maximum Gasteiger partial charge on any atom is 0.261 e. The topological polar surface area (TPSA) is 137 Å². The third-order valence-corrected chi connectivity index (χ3v) is 8.06. The molecule has 1 unspecified atom stereocenters. The Hall–Kier alpha value is -4.48. The van der Waals surface area contributed by atoms with Crippen LogP contribution in [0.25, 0.3) is 0 Å². The molecule has 0 radical (unpaired) electrons. The second kappa shape index (κ2) is 11.4. The number of aromatic amines is 1. The van der Waals surface area contributed by atoms with Gasteiger partial charge in [-0.15, -0.1) is 0 Å². The number of carbonyl (C=O) groups excluding carboxylic acids is 2. The fourth-order valence-corrected chi connectivity index (χ4v) is 5.74. The van der Waals surface area contributed by atoms with E-state index in [9.17, 15) is 19.5 Å². The number of anilines is 1. The summed E-state index contributed by atoms with van der Waals surface area (Å²) < 4.78 is 10.8. The number of nitrogens with zero attached hydrogens (tertiary/aromatic N) is 3. The van der Waals surface area contributed by atoms with Gasteiger partial charge in [-0.3, -0.25) is 24.3 Å². The average Bonchev–Trinajstić information content (AvgIpc) is 3.51. The molecule has 0 spiro atoms. The summed E-state index contributed by atoms with van der Waals surface area (Å²) in [5.74, 6) is 0.775. The number of amides is 2. The lowest BCUT2D eigenvalue weighted by atomic mass is 10.00. The van der Waals surface area contributed by atoms with Crippen molar-refractivity contribution < 1.29 is 24.2 Å². The molecule has 4 heterocycles. The molecule has 1 aromatic heterocycles. The van der Waals surface area contributed by atoms with Crippen LogP contribution in [0.3, 0.4) is 0 Å². The molecule has 218 valence electrons. The fourth-order valence-electron chi connectivity index (χ4n) is 5.74. The number of H-pyrrole nitrogens is 1. The second-order valence-electron chi connectivity index (χ2n) is 10.9. The van der Waals surface area contributed by atoms with E-state index in [0.29, 0.717) is 51.7 Å². The van der Waals surface area contributed by atoms with Crippen LogP contribution in [-0.4, -0.2) is 90.0 Å². The Morgan fingerprint density at radius 3 is 2.45 bits per heavy atom. The van der Waals surface area contributed by atoms with E-state index in [4.69, 9.17) is 14.5 Å². The van der Waals surface area contributed by atoms with Crippen molar-refractivity contribution in [3.05, 3.63) is 81.3 Å². The molecule has 2 aromatic carbocycles. The van der Waals surface area contributed by atoms with Crippen LogP contribution in [-0.2, 0) is 6.42 Å². The van der Waals surface area contributed by atoms with Crippen molar-refractivity contribution >= 4 is 28.9 Å². The van der Waals surface area contributed by atoms with Crippen LogP contribution in [0, 0.1) is 0 Å². The number of methoxy groups -OCH3 is 1. The zero-order valence-corrected chi connectivity index (χ0v) is 23.6. The predicted octanol–water partition coefficient (Wildman–Crippen LogP) is 2.60.